The zero-order chi connectivity index (χ0) is 21.2. The van der Waals surface area contributed by atoms with E-state index in [9.17, 15) is 4.79 Å². The maximum absolute atomic E-state index is 12.5. The number of anilines is 1. The van der Waals surface area contributed by atoms with E-state index in [0.29, 0.717) is 6.54 Å². The molecule has 3 rings (SSSR count). The summed E-state index contributed by atoms with van der Waals surface area (Å²) in [6.45, 7) is 3.58. The minimum atomic E-state index is 0.158. The van der Waals surface area contributed by atoms with Crippen LogP contribution in [0.1, 0.15) is 54.5 Å². The number of hydrogen-bond donors (Lipinski definition) is 3. The predicted octanol–water partition coefficient (Wildman–Crippen LogP) is 4.13. The molecule has 0 unspecified atom stereocenters. The maximum Gasteiger partial charge on any atom is 0.227 e. The van der Waals surface area contributed by atoms with Gasteiger partial charge in [-0.3, -0.25) is 9.79 Å². The number of guanidine groups is 1. The molecule has 0 radical (unpaired) electrons. The van der Waals surface area contributed by atoms with Crippen molar-refractivity contribution in [2.75, 3.05) is 18.9 Å². The van der Waals surface area contributed by atoms with Crippen LogP contribution in [0.3, 0.4) is 0 Å². The molecule has 7 heteroatoms. The monoisotopic (exact) mass is 427 g/mol. The van der Waals surface area contributed by atoms with Crippen LogP contribution in [-0.4, -0.2) is 30.4 Å². The van der Waals surface area contributed by atoms with Crippen molar-refractivity contribution in [2.45, 2.75) is 58.4 Å². The molecule has 0 aliphatic heterocycles. The molecule has 162 valence electrons. The lowest BCUT2D eigenvalue weighted by Crippen LogP contribution is -2.37. The summed E-state index contributed by atoms with van der Waals surface area (Å²) in [6, 6.07) is 8.02. The number of rotatable bonds is 8. The normalized spacial score (nSPS) is 15.1. The Morgan fingerprint density at radius 3 is 2.80 bits per heavy atom. The van der Waals surface area contributed by atoms with E-state index in [1.54, 1.807) is 18.4 Å². The fraction of sp³-hybridized carbons (Fsp3) is 0.522. The lowest BCUT2D eigenvalue weighted by atomic mass is 9.88. The largest absolute Gasteiger partial charge is 0.356 e. The van der Waals surface area contributed by atoms with Crippen LogP contribution in [0.4, 0.5) is 5.69 Å². The highest BCUT2D eigenvalue weighted by molar-refractivity contribution is 7.11. The minimum Gasteiger partial charge on any atom is -0.356 e. The molecule has 0 bridgehead atoms. The summed E-state index contributed by atoms with van der Waals surface area (Å²) in [5.41, 5.74) is 1.97. The molecule has 1 saturated carbocycles. The Morgan fingerprint density at radius 1 is 1.23 bits per heavy atom. The third-order valence-corrected chi connectivity index (χ3v) is 6.64. The van der Waals surface area contributed by atoms with E-state index in [0.717, 1.165) is 67.3 Å². The average molecular weight is 428 g/mol. The fourth-order valence-electron chi connectivity index (χ4n) is 3.69. The molecule has 1 heterocycles. The lowest BCUT2D eigenvalue weighted by Gasteiger charge is -2.21. The third-order valence-electron chi connectivity index (χ3n) is 5.44. The van der Waals surface area contributed by atoms with Crippen molar-refractivity contribution in [1.29, 1.82) is 0 Å². The van der Waals surface area contributed by atoms with E-state index >= 15 is 0 Å². The quantitative estimate of drug-likeness (QED) is 0.437. The number of nitrogens with zero attached hydrogens (tertiary/aromatic N) is 2. The number of hydrogen-bond acceptors (Lipinski definition) is 4. The zero-order valence-electron chi connectivity index (χ0n) is 18.0. The van der Waals surface area contributed by atoms with Gasteiger partial charge < -0.3 is 16.0 Å². The van der Waals surface area contributed by atoms with Gasteiger partial charge in [0.05, 0.1) is 5.01 Å². The van der Waals surface area contributed by atoms with Gasteiger partial charge in [0.25, 0.3) is 0 Å². The van der Waals surface area contributed by atoms with Crippen molar-refractivity contribution >= 4 is 28.9 Å². The van der Waals surface area contributed by atoms with Gasteiger partial charge in [-0.1, -0.05) is 38.3 Å². The van der Waals surface area contributed by atoms with Crippen molar-refractivity contribution in [3.05, 3.63) is 45.9 Å². The standard InChI is InChI=1S/C23H33N5OS/c1-3-20-16-26-21(30-20)12-13-25-23(24-2)27-15-17-8-7-11-19(14-17)28-22(29)18-9-5-4-6-10-18/h7-8,11,14,16,18H,3-6,9-10,12-13,15H2,1-2H3,(H,28,29)(H2,24,25,27). The second-order valence-corrected chi connectivity index (χ2v) is 8.90. The van der Waals surface area contributed by atoms with Crippen LogP contribution >= 0.6 is 11.3 Å². The van der Waals surface area contributed by atoms with E-state index in [1.165, 1.54) is 11.3 Å². The number of benzene rings is 1. The number of thiazole rings is 1. The number of carbonyl (C=O) groups is 1. The molecule has 6 nitrogen and oxygen atoms in total. The maximum atomic E-state index is 12.5. The second-order valence-electron chi connectivity index (χ2n) is 7.70. The summed E-state index contributed by atoms with van der Waals surface area (Å²) in [6.07, 6.45) is 9.48. The second kappa shape index (κ2) is 11.7. The number of amides is 1. The molecule has 1 aromatic heterocycles. The van der Waals surface area contributed by atoms with Gasteiger partial charge >= 0.3 is 0 Å². The summed E-state index contributed by atoms with van der Waals surface area (Å²) in [5, 5.41) is 10.9. The van der Waals surface area contributed by atoms with Crippen LogP contribution in [0.15, 0.2) is 35.5 Å². The Hall–Kier alpha value is -2.41. The first-order valence-electron chi connectivity index (χ1n) is 11.0. The fourth-order valence-corrected chi connectivity index (χ4v) is 4.55. The van der Waals surface area contributed by atoms with Crippen molar-refractivity contribution in [1.82, 2.24) is 15.6 Å². The van der Waals surface area contributed by atoms with Gasteiger partial charge in [0, 0.05) is 49.2 Å². The predicted molar refractivity (Wildman–Crippen MR) is 125 cm³/mol. The summed E-state index contributed by atoms with van der Waals surface area (Å²) in [5.74, 6) is 1.08. The van der Waals surface area contributed by atoms with Crippen LogP contribution in [-0.2, 0) is 24.2 Å². The topological polar surface area (TPSA) is 78.4 Å². The smallest absolute Gasteiger partial charge is 0.227 e. The summed E-state index contributed by atoms with van der Waals surface area (Å²) in [4.78, 5) is 22.6. The molecule has 1 amide bonds. The molecule has 1 aliphatic carbocycles. The van der Waals surface area contributed by atoms with Gasteiger partial charge in [0.1, 0.15) is 0 Å². The number of aryl methyl sites for hydroxylation is 1. The molecule has 3 N–H and O–H groups in total. The Kier molecular flexibility index (Phi) is 8.68. The number of aliphatic imine (C=N–C) groups is 1. The first-order chi connectivity index (χ1) is 14.7. The molecule has 0 spiro atoms. The van der Waals surface area contributed by atoms with E-state index < -0.39 is 0 Å². The summed E-state index contributed by atoms with van der Waals surface area (Å²) >= 11 is 1.77. The first kappa shape index (κ1) is 22.3. The molecule has 1 aromatic carbocycles. The van der Waals surface area contributed by atoms with Crippen molar-refractivity contribution in [3.63, 3.8) is 0 Å². The van der Waals surface area contributed by atoms with Gasteiger partial charge in [-0.15, -0.1) is 11.3 Å². The molecular formula is C23H33N5OS. The van der Waals surface area contributed by atoms with Crippen molar-refractivity contribution in [2.24, 2.45) is 10.9 Å². The highest BCUT2D eigenvalue weighted by Crippen LogP contribution is 2.25. The van der Waals surface area contributed by atoms with Crippen molar-refractivity contribution in [3.8, 4) is 0 Å². The molecule has 30 heavy (non-hydrogen) atoms. The Balaban J connectivity index is 1.44. The molecule has 1 fully saturated rings. The average Bonchev–Trinajstić information content (AvgIpc) is 3.25. The minimum absolute atomic E-state index is 0.158. The van der Waals surface area contributed by atoms with Gasteiger partial charge in [0.2, 0.25) is 5.91 Å². The first-order valence-corrected chi connectivity index (χ1v) is 11.8. The number of nitrogens with one attached hydrogen (secondary N) is 3. The van der Waals surface area contributed by atoms with E-state index in [1.807, 2.05) is 24.4 Å². The summed E-state index contributed by atoms with van der Waals surface area (Å²) < 4.78 is 0. The van der Waals surface area contributed by atoms with E-state index in [-0.39, 0.29) is 11.8 Å². The molecular weight excluding hydrogens is 394 g/mol. The lowest BCUT2D eigenvalue weighted by molar-refractivity contribution is -0.120. The van der Waals surface area contributed by atoms with Crippen LogP contribution < -0.4 is 16.0 Å². The van der Waals surface area contributed by atoms with Crippen LogP contribution in [0, 0.1) is 5.92 Å². The van der Waals surface area contributed by atoms with E-state index in [2.05, 4.69) is 38.9 Å². The molecule has 2 aromatic rings. The molecule has 0 atom stereocenters. The molecule has 1 aliphatic rings. The van der Waals surface area contributed by atoms with Gasteiger partial charge in [0.15, 0.2) is 5.96 Å². The Bertz CT molecular complexity index is 842. The molecule has 0 saturated heterocycles. The Labute approximate surface area is 183 Å². The third kappa shape index (κ3) is 6.83. The van der Waals surface area contributed by atoms with Crippen LogP contribution in [0.25, 0.3) is 0 Å². The van der Waals surface area contributed by atoms with Gasteiger partial charge in [-0.2, -0.15) is 0 Å². The van der Waals surface area contributed by atoms with Gasteiger partial charge in [-0.05, 0) is 37.0 Å². The number of aromatic nitrogens is 1. The highest BCUT2D eigenvalue weighted by atomic mass is 32.1. The van der Waals surface area contributed by atoms with Crippen LogP contribution in [0.2, 0.25) is 0 Å². The van der Waals surface area contributed by atoms with Crippen molar-refractivity contribution < 1.29 is 4.79 Å². The highest BCUT2D eigenvalue weighted by Gasteiger charge is 2.21. The Morgan fingerprint density at radius 2 is 2.07 bits per heavy atom. The van der Waals surface area contributed by atoms with Crippen LogP contribution in [0.5, 0.6) is 0 Å². The SMILES string of the molecule is CCc1cnc(CCNC(=NC)NCc2cccc(NC(=O)C3CCCCC3)c2)s1. The number of carbonyl (C=O) groups excluding carboxylic acids is 1. The van der Waals surface area contributed by atoms with Gasteiger partial charge in [-0.25, -0.2) is 4.98 Å². The summed E-state index contributed by atoms with van der Waals surface area (Å²) in [7, 11) is 1.77. The van der Waals surface area contributed by atoms with E-state index in [4.69, 9.17) is 0 Å². The zero-order valence-corrected chi connectivity index (χ0v) is 18.9.